The Labute approximate surface area is 189 Å². The van der Waals surface area contributed by atoms with E-state index in [4.69, 9.17) is 23.8 Å². The van der Waals surface area contributed by atoms with Gasteiger partial charge >= 0.3 is 0 Å². The van der Waals surface area contributed by atoms with Gasteiger partial charge in [-0.1, -0.05) is 54.1 Å². The maximum Gasteiger partial charge on any atom is 0.193 e. The highest BCUT2D eigenvalue weighted by molar-refractivity contribution is 7.80. The van der Waals surface area contributed by atoms with Crippen LogP contribution >= 0.6 is 23.8 Å². The van der Waals surface area contributed by atoms with Gasteiger partial charge in [-0.05, 0) is 55.0 Å². The van der Waals surface area contributed by atoms with Crippen LogP contribution < -0.4 is 10.2 Å². The molecule has 156 valence electrons. The van der Waals surface area contributed by atoms with Gasteiger partial charge in [0.15, 0.2) is 10.9 Å². The summed E-state index contributed by atoms with van der Waals surface area (Å²) in [5.41, 5.74) is 2.53. The fourth-order valence-electron chi connectivity index (χ4n) is 3.65. The second-order valence-corrected chi connectivity index (χ2v) is 7.86. The van der Waals surface area contributed by atoms with Gasteiger partial charge in [0.2, 0.25) is 0 Å². The van der Waals surface area contributed by atoms with Crippen molar-refractivity contribution < 1.29 is 13.6 Å². The van der Waals surface area contributed by atoms with Crippen molar-refractivity contribution in [1.29, 1.82) is 0 Å². The molecule has 3 nitrogen and oxygen atoms in total. The van der Waals surface area contributed by atoms with Crippen LogP contribution in [0.5, 0.6) is 0 Å². The summed E-state index contributed by atoms with van der Waals surface area (Å²) in [6.07, 6.45) is 0. The van der Waals surface area contributed by atoms with Crippen LogP contribution in [0.4, 0.5) is 14.5 Å². The number of ketones is 1. The summed E-state index contributed by atoms with van der Waals surface area (Å²) < 4.78 is 27.7. The highest BCUT2D eigenvalue weighted by atomic mass is 35.5. The summed E-state index contributed by atoms with van der Waals surface area (Å²) in [5, 5.41) is 3.38. The van der Waals surface area contributed by atoms with Crippen LogP contribution in [0.25, 0.3) is 0 Å². The Kier molecular flexibility index (Phi) is 5.85. The van der Waals surface area contributed by atoms with Gasteiger partial charge < -0.3 is 5.32 Å². The first-order valence-electron chi connectivity index (χ1n) is 9.48. The molecule has 0 aromatic heterocycles. The van der Waals surface area contributed by atoms with Gasteiger partial charge in [-0.2, -0.15) is 0 Å². The van der Waals surface area contributed by atoms with Crippen molar-refractivity contribution >= 4 is 40.4 Å². The van der Waals surface area contributed by atoms with Gasteiger partial charge in [-0.25, -0.2) is 8.78 Å². The Morgan fingerprint density at radius 3 is 2.45 bits per heavy atom. The van der Waals surface area contributed by atoms with Crippen LogP contribution in [0, 0.1) is 11.6 Å². The third-order valence-corrected chi connectivity index (χ3v) is 5.70. The molecule has 0 unspecified atom stereocenters. The van der Waals surface area contributed by atoms with Crippen LogP contribution in [0.2, 0.25) is 5.02 Å². The fourth-order valence-corrected chi connectivity index (χ4v) is 4.19. The quantitative estimate of drug-likeness (QED) is 0.375. The zero-order valence-electron chi connectivity index (χ0n) is 16.4. The molecule has 1 heterocycles. The van der Waals surface area contributed by atoms with E-state index in [-0.39, 0.29) is 10.8 Å². The van der Waals surface area contributed by atoms with Gasteiger partial charge in [-0.3, -0.25) is 9.69 Å². The van der Waals surface area contributed by atoms with Gasteiger partial charge in [0.25, 0.3) is 0 Å². The maximum absolute atomic E-state index is 14.0. The molecule has 7 heteroatoms. The minimum atomic E-state index is -0.650. The topological polar surface area (TPSA) is 32.3 Å². The third kappa shape index (κ3) is 4.09. The molecule has 3 aromatic rings. The van der Waals surface area contributed by atoms with E-state index in [1.165, 1.54) is 30.3 Å². The van der Waals surface area contributed by atoms with Crippen molar-refractivity contribution in [2.75, 3.05) is 4.90 Å². The number of carbonyl (C=O) groups excluding carboxylic acids is 1. The smallest absolute Gasteiger partial charge is 0.193 e. The molecule has 0 radical (unpaired) electrons. The molecule has 1 aliphatic heterocycles. The van der Waals surface area contributed by atoms with Crippen LogP contribution in [-0.2, 0) is 0 Å². The standard InChI is InChI=1S/C24H17ClF2N2OS/c1-14-21(23(30)15-6-3-2-4-7-15)22(16-8-5-9-17(26)12-16)28-24(31)29(14)18-10-11-20(27)19(25)13-18/h2-13,22H,1H3,(H,28,31)/t22-/m1/s1. The van der Waals surface area contributed by atoms with Gasteiger partial charge in [0.05, 0.1) is 11.1 Å². The lowest BCUT2D eigenvalue weighted by molar-refractivity contribution is 0.102. The summed E-state index contributed by atoms with van der Waals surface area (Å²) >= 11 is 11.5. The number of carbonyl (C=O) groups is 1. The van der Waals surface area contributed by atoms with E-state index >= 15 is 0 Å². The van der Waals surface area contributed by atoms with E-state index in [2.05, 4.69) is 5.32 Å². The summed E-state index contributed by atoms with van der Waals surface area (Å²) in [6.45, 7) is 1.76. The molecule has 0 saturated carbocycles. The molecule has 0 aliphatic carbocycles. The SMILES string of the molecule is CC1=C(C(=O)c2ccccc2)[C@@H](c2cccc(F)c2)NC(=S)N1c1ccc(F)c(Cl)c1. The average Bonchev–Trinajstić information content (AvgIpc) is 2.76. The van der Waals surface area contributed by atoms with E-state index in [9.17, 15) is 13.6 Å². The zero-order valence-corrected chi connectivity index (χ0v) is 18.0. The summed E-state index contributed by atoms with van der Waals surface area (Å²) in [7, 11) is 0. The summed E-state index contributed by atoms with van der Waals surface area (Å²) in [6, 6.07) is 18.4. The molecule has 0 amide bonds. The summed E-state index contributed by atoms with van der Waals surface area (Å²) in [4.78, 5) is 15.2. The number of hydrogen-bond donors (Lipinski definition) is 1. The minimum Gasteiger partial charge on any atom is -0.351 e. The molecular weight excluding hydrogens is 438 g/mol. The van der Waals surface area contributed by atoms with Gasteiger partial charge in [0, 0.05) is 22.5 Å². The first-order valence-corrected chi connectivity index (χ1v) is 10.3. The molecule has 0 fully saturated rings. The number of allylic oxidation sites excluding steroid dienone is 1. The molecule has 0 saturated heterocycles. The largest absolute Gasteiger partial charge is 0.351 e. The lowest BCUT2D eigenvalue weighted by Crippen LogP contribution is -2.48. The highest BCUT2D eigenvalue weighted by Crippen LogP contribution is 2.36. The van der Waals surface area contributed by atoms with Crippen molar-refractivity contribution in [2.24, 2.45) is 0 Å². The molecule has 0 bridgehead atoms. The van der Waals surface area contributed by atoms with Crippen molar-refractivity contribution in [1.82, 2.24) is 5.32 Å². The predicted molar refractivity (Wildman–Crippen MR) is 122 cm³/mol. The number of Topliss-reactive ketones (excluding diaryl/α,β-unsaturated/α-hetero) is 1. The lowest BCUT2D eigenvalue weighted by Gasteiger charge is -2.38. The predicted octanol–water partition coefficient (Wildman–Crippen LogP) is 6.21. The van der Waals surface area contributed by atoms with Crippen molar-refractivity contribution in [2.45, 2.75) is 13.0 Å². The number of nitrogens with zero attached hydrogens (tertiary/aromatic N) is 1. The van der Waals surface area contributed by atoms with Crippen LogP contribution in [0.3, 0.4) is 0 Å². The number of benzene rings is 3. The van der Waals surface area contributed by atoms with Crippen LogP contribution in [0.15, 0.2) is 84.1 Å². The molecule has 1 N–H and O–H groups in total. The molecule has 31 heavy (non-hydrogen) atoms. The Hall–Kier alpha value is -3.09. The fraction of sp³-hybridized carbons (Fsp3) is 0.0833. The number of nitrogens with one attached hydrogen (secondary N) is 1. The molecule has 3 aromatic carbocycles. The molecular formula is C24H17ClF2N2OS. The van der Waals surface area contributed by atoms with Crippen LogP contribution in [-0.4, -0.2) is 10.9 Å². The molecule has 4 rings (SSSR count). The van der Waals surface area contributed by atoms with E-state index in [1.54, 1.807) is 48.2 Å². The number of halogens is 3. The van der Waals surface area contributed by atoms with E-state index in [1.807, 2.05) is 6.07 Å². The lowest BCUT2D eigenvalue weighted by atomic mass is 9.89. The Morgan fingerprint density at radius 1 is 1.03 bits per heavy atom. The highest BCUT2D eigenvalue weighted by Gasteiger charge is 2.35. The maximum atomic E-state index is 14.0. The molecule has 0 spiro atoms. The monoisotopic (exact) mass is 454 g/mol. The van der Waals surface area contributed by atoms with Crippen molar-refractivity contribution in [3.05, 3.63) is 112 Å². The normalized spacial score (nSPS) is 16.3. The second kappa shape index (κ2) is 8.57. The van der Waals surface area contributed by atoms with E-state index in [0.717, 1.165) is 0 Å². The third-order valence-electron chi connectivity index (χ3n) is 5.11. The Morgan fingerprint density at radius 2 is 1.77 bits per heavy atom. The molecule has 1 aliphatic rings. The number of rotatable bonds is 4. The first-order chi connectivity index (χ1) is 14.9. The summed E-state index contributed by atoms with van der Waals surface area (Å²) in [5.74, 6) is -1.19. The van der Waals surface area contributed by atoms with Crippen molar-refractivity contribution in [3.8, 4) is 0 Å². The Bertz CT molecular complexity index is 1210. The minimum absolute atomic E-state index is 0.0590. The first kappa shape index (κ1) is 21.2. The Balaban J connectivity index is 1.90. The van der Waals surface area contributed by atoms with E-state index in [0.29, 0.717) is 33.2 Å². The van der Waals surface area contributed by atoms with Crippen molar-refractivity contribution in [3.63, 3.8) is 0 Å². The number of hydrogen-bond acceptors (Lipinski definition) is 2. The van der Waals surface area contributed by atoms with Gasteiger partial charge in [0.1, 0.15) is 11.6 Å². The van der Waals surface area contributed by atoms with E-state index < -0.39 is 17.7 Å². The number of thiocarbonyl (C=S) groups is 1. The molecule has 1 atom stereocenters. The second-order valence-electron chi connectivity index (χ2n) is 7.07. The van der Waals surface area contributed by atoms with Gasteiger partial charge in [-0.15, -0.1) is 0 Å². The van der Waals surface area contributed by atoms with Crippen LogP contribution in [0.1, 0.15) is 28.9 Å². The number of anilines is 1. The zero-order chi connectivity index (χ0) is 22.1. The average molecular weight is 455 g/mol.